The van der Waals surface area contributed by atoms with E-state index in [1.807, 2.05) is 35.4 Å². The van der Waals surface area contributed by atoms with Crippen LogP contribution in [0, 0.1) is 5.92 Å². The Hall–Kier alpha value is -3.00. The number of ketones is 1. The van der Waals surface area contributed by atoms with Crippen LogP contribution in [0.3, 0.4) is 0 Å². The number of Topliss-reactive ketones (excluding diaryl/α,β-unsaturated/α-hetero) is 1. The van der Waals surface area contributed by atoms with E-state index in [2.05, 4.69) is 9.97 Å². The fourth-order valence-electron chi connectivity index (χ4n) is 3.82. The summed E-state index contributed by atoms with van der Waals surface area (Å²) >= 11 is 1.58. The van der Waals surface area contributed by atoms with E-state index >= 15 is 0 Å². The summed E-state index contributed by atoms with van der Waals surface area (Å²) in [5.41, 5.74) is 1.72. The first-order valence-corrected chi connectivity index (χ1v) is 11.1. The number of carbonyl (C=O) groups is 1. The number of nitrogens with zero attached hydrogens (tertiary/aromatic N) is 5. The van der Waals surface area contributed by atoms with E-state index in [1.54, 1.807) is 31.1 Å². The summed E-state index contributed by atoms with van der Waals surface area (Å²) in [6.45, 7) is 1.29. The minimum atomic E-state index is -0.158. The van der Waals surface area contributed by atoms with Gasteiger partial charge in [0.05, 0.1) is 11.4 Å². The second-order valence-corrected chi connectivity index (χ2v) is 8.13. The van der Waals surface area contributed by atoms with Crippen LogP contribution in [0.1, 0.15) is 23.2 Å². The summed E-state index contributed by atoms with van der Waals surface area (Å²) in [6, 6.07) is 10.9. The third-order valence-electron chi connectivity index (χ3n) is 5.40. The molecule has 0 N–H and O–H groups in total. The molecule has 154 valence electrons. The van der Waals surface area contributed by atoms with Crippen molar-refractivity contribution in [2.75, 3.05) is 24.2 Å². The summed E-state index contributed by atoms with van der Waals surface area (Å²) in [4.78, 5) is 41.7. The van der Waals surface area contributed by atoms with Crippen LogP contribution < -0.4 is 10.5 Å². The number of piperidine rings is 1. The Morgan fingerprint density at radius 1 is 1.20 bits per heavy atom. The zero-order valence-corrected chi connectivity index (χ0v) is 17.8. The predicted octanol–water partition coefficient (Wildman–Crippen LogP) is 3.06. The van der Waals surface area contributed by atoms with Gasteiger partial charge in [0, 0.05) is 48.8 Å². The molecule has 0 spiro atoms. The first-order valence-electron chi connectivity index (χ1n) is 9.85. The van der Waals surface area contributed by atoms with Crippen molar-refractivity contribution in [3.63, 3.8) is 0 Å². The lowest BCUT2D eigenvalue weighted by atomic mass is 9.90. The monoisotopic (exact) mass is 421 g/mol. The highest BCUT2D eigenvalue weighted by molar-refractivity contribution is 7.98. The molecular formula is C22H23N5O2S. The van der Waals surface area contributed by atoms with Crippen molar-refractivity contribution in [2.45, 2.75) is 17.7 Å². The van der Waals surface area contributed by atoms with Crippen molar-refractivity contribution in [2.24, 2.45) is 13.0 Å². The van der Waals surface area contributed by atoms with Gasteiger partial charge in [0.2, 0.25) is 5.95 Å². The summed E-state index contributed by atoms with van der Waals surface area (Å²) in [5.74, 6) is 0.583. The highest BCUT2D eigenvalue weighted by Gasteiger charge is 2.29. The molecule has 1 aromatic carbocycles. The standard InChI is InChI=1S/C22H23N5O2S/c1-26-20(28)12-18(17-9-10-23-14-24-17)25-22(26)27-11-5-6-15(13-27)21(29)16-7-3-4-8-19(16)30-2/h3-4,7-10,12,14-15H,5-6,11,13H2,1-2H3. The molecule has 1 saturated heterocycles. The molecule has 0 saturated carbocycles. The van der Waals surface area contributed by atoms with Gasteiger partial charge in [-0.25, -0.2) is 15.0 Å². The number of benzene rings is 1. The number of thioether (sulfide) groups is 1. The molecule has 0 radical (unpaired) electrons. The molecule has 1 aliphatic heterocycles. The molecule has 0 amide bonds. The quantitative estimate of drug-likeness (QED) is 0.463. The molecular weight excluding hydrogens is 398 g/mol. The molecule has 8 heteroatoms. The highest BCUT2D eigenvalue weighted by Crippen LogP contribution is 2.28. The van der Waals surface area contributed by atoms with Crippen molar-refractivity contribution < 1.29 is 4.79 Å². The van der Waals surface area contributed by atoms with Gasteiger partial charge >= 0.3 is 0 Å². The number of anilines is 1. The van der Waals surface area contributed by atoms with E-state index in [1.165, 1.54) is 17.0 Å². The summed E-state index contributed by atoms with van der Waals surface area (Å²) in [6.07, 6.45) is 6.74. The smallest absolute Gasteiger partial charge is 0.255 e. The second-order valence-electron chi connectivity index (χ2n) is 7.28. The fourth-order valence-corrected chi connectivity index (χ4v) is 4.43. The Bertz CT molecular complexity index is 1120. The molecule has 30 heavy (non-hydrogen) atoms. The lowest BCUT2D eigenvalue weighted by molar-refractivity contribution is 0.0903. The maximum absolute atomic E-state index is 13.3. The average Bonchev–Trinajstić information content (AvgIpc) is 2.81. The lowest BCUT2D eigenvalue weighted by Crippen LogP contribution is -2.42. The maximum Gasteiger partial charge on any atom is 0.255 e. The minimum Gasteiger partial charge on any atom is -0.341 e. The molecule has 1 fully saturated rings. The van der Waals surface area contributed by atoms with E-state index in [9.17, 15) is 9.59 Å². The SMILES string of the molecule is CSc1ccccc1C(=O)C1CCCN(c2nc(-c3ccncn3)cc(=O)n2C)C1. The zero-order chi connectivity index (χ0) is 21.1. The number of hydrogen-bond donors (Lipinski definition) is 0. The Morgan fingerprint density at radius 3 is 2.80 bits per heavy atom. The zero-order valence-electron chi connectivity index (χ0n) is 17.0. The van der Waals surface area contributed by atoms with E-state index in [-0.39, 0.29) is 17.3 Å². The minimum absolute atomic E-state index is 0.133. The average molecular weight is 422 g/mol. The number of carbonyl (C=O) groups excluding carboxylic acids is 1. The predicted molar refractivity (Wildman–Crippen MR) is 118 cm³/mol. The molecule has 3 heterocycles. The Kier molecular flexibility index (Phi) is 5.94. The highest BCUT2D eigenvalue weighted by atomic mass is 32.2. The van der Waals surface area contributed by atoms with Gasteiger partial charge in [-0.2, -0.15) is 0 Å². The number of rotatable bonds is 5. The van der Waals surface area contributed by atoms with E-state index < -0.39 is 0 Å². The maximum atomic E-state index is 13.3. The summed E-state index contributed by atoms with van der Waals surface area (Å²) in [7, 11) is 1.71. The van der Waals surface area contributed by atoms with Gasteiger partial charge in [-0.15, -0.1) is 11.8 Å². The largest absolute Gasteiger partial charge is 0.341 e. The molecule has 1 unspecified atom stereocenters. The molecule has 3 aromatic rings. The lowest BCUT2D eigenvalue weighted by Gasteiger charge is -2.33. The van der Waals surface area contributed by atoms with E-state index in [4.69, 9.17) is 4.98 Å². The number of aromatic nitrogens is 4. The van der Waals surface area contributed by atoms with Gasteiger partial charge in [-0.05, 0) is 31.2 Å². The van der Waals surface area contributed by atoms with Crippen molar-refractivity contribution in [1.82, 2.24) is 19.5 Å². The van der Waals surface area contributed by atoms with Gasteiger partial charge in [-0.1, -0.05) is 18.2 Å². The van der Waals surface area contributed by atoms with Crippen LogP contribution in [-0.4, -0.2) is 44.6 Å². The molecule has 1 atom stereocenters. The first kappa shape index (κ1) is 20.3. The van der Waals surface area contributed by atoms with Gasteiger partial charge in [0.15, 0.2) is 5.78 Å². The molecule has 1 aliphatic rings. The van der Waals surface area contributed by atoms with Crippen LogP contribution in [0.2, 0.25) is 0 Å². The second kappa shape index (κ2) is 8.79. The van der Waals surface area contributed by atoms with Crippen LogP contribution in [0.4, 0.5) is 5.95 Å². The van der Waals surface area contributed by atoms with Crippen molar-refractivity contribution >= 4 is 23.5 Å². The van der Waals surface area contributed by atoms with Crippen molar-refractivity contribution in [3.8, 4) is 11.4 Å². The Morgan fingerprint density at radius 2 is 2.03 bits per heavy atom. The molecule has 4 rings (SSSR count). The fraction of sp³-hybridized carbons (Fsp3) is 0.318. The van der Waals surface area contributed by atoms with Crippen LogP contribution >= 0.6 is 11.8 Å². The molecule has 0 aliphatic carbocycles. The van der Waals surface area contributed by atoms with Gasteiger partial charge in [0.1, 0.15) is 6.33 Å². The van der Waals surface area contributed by atoms with Crippen molar-refractivity contribution in [1.29, 1.82) is 0 Å². The van der Waals surface area contributed by atoms with Crippen LogP contribution in [0.15, 0.2) is 58.6 Å². The van der Waals surface area contributed by atoms with E-state index in [0.717, 1.165) is 29.8 Å². The molecule has 0 bridgehead atoms. The van der Waals surface area contributed by atoms with Crippen LogP contribution in [-0.2, 0) is 7.05 Å². The molecule has 2 aromatic heterocycles. The first-order chi connectivity index (χ1) is 14.6. The van der Waals surface area contributed by atoms with Crippen molar-refractivity contribution in [3.05, 3.63) is 64.8 Å². The van der Waals surface area contributed by atoms with Crippen LogP contribution in [0.5, 0.6) is 0 Å². The Labute approximate surface area is 179 Å². The van der Waals surface area contributed by atoms with Gasteiger partial charge < -0.3 is 4.90 Å². The Balaban J connectivity index is 1.64. The molecule has 7 nitrogen and oxygen atoms in total. The van der Waals surface area contributed by atoms with Gasteiger partial charge in [0.25, 0.3) is 5.56 Å². The topological polar surface area (TPSA) is 81.0 Å². The summed E-state index contributed by atoms with van der Waals surface area (Å²) < 4.78 is 1.54. The van der Waals surface area contributed by atoms with Crippen LogP contribution in [0.25, 0.3) is 11.4 Å². The third-order valence-corrected chi connectivity index (χ3v) is 6.20. The number of hydrogen-bond acceptors (Lipinski definition) is 7. The third kappa shape index (κ3) is 4.00. The van der Waals surface area contributed by atoms with E-state index in [0.29, 0.717) is 23.9 Å². The van der Waals surface area contributed by atoms with Gasteiger partial charge in [-0.3, -0.25) is 14.2 Å². The normalized spacial score (nSPS) is 16.5. The summed E-state index contributed by atoms with van der Waals surface area (Å²) in [5, 5.41) is 0.